The molecule has 4 rings (SSSR count). The summed E-state index contributed by atoms with van der Waals surface area (Å²) in [6, 6.07) is 26.8. The molecule has 35 heavy (non-hydrogen) atoms. The smallest absolute Gasteiger partial charge is 0.237 e. The third-order valence-electron chi connectivity index (χ3n) is 5.22. The number of hydrogen-bond donors (Lipinski definition) is 1. The molecule has 8 heteroatoms. The molecule has 1 heterocycles. The van der Waals surface area contributed by atoms with Crippen LogP contribution in [0.4, 0.5) is 5.69 Å². The molecule has 1 aromatic heterocycles. The lowest BCUT2D eigenvalue weighted by Gasteiger charge is -2.14. The van der Waals surface area contributed by atoms with Crippen molar-refractivity contribution < 1.29 is 9.53 Å². The van der Waals surface area contributed by atoms with Gasteiger partial charge in [0, 0.05) is 17.8 Å². The van der Waals surface area contributed by atoms with Crippen LogP contribution in [0.5, 0.6) is 5.75 Å². The fourth-order valence-corrected chi connectivity index (χ4v) is 4.40. The van der Waals surface area contributed by atoms with Gasteiger partial charge in [0.25, 0.3) is 0 Å². The van der Waals surface area contributed by atoms with E-state index in [0.29, 0.717) is 29.4 Å². The van der Waals surface area contributed by atoms with Crippen molar-refractivity contribution in [1.82, 2.24) is 14.8 Å². The van der Waals surface area contributed by atoms with Crippen LogP contribution < -0.4 is 10.1 Å². The van der Waals surface area contributed by atoms with Gasteiger partial charge in [-0.25, -0.2) is 0 Å². The van der Waals surface area contributed by atoms with Crippen molar-refractivity contribution in [1.29, 1.82) is 5.26 Å². The summed E-state index contributed by atoms with van der Waals surface area (Å²) in [6.45, 7) is 4.36. The second-order valence-corrected chi connectivity index (χ2v) is 9.07. The number of carbonyl (C=O) groups is 1. The molecule has 3 aromatic carbocycles. The van der Waals surface area contributed by atoms with Crippen LogP contribution >= 0.6 is 11.8 Å². The Kier molecular flexibility index (Phi) is 7.81. The summed E-state index contributed by atoms with van der Waals surface area (Å²) in [5.41, 5.74) is 3.08. The second kappa shape index (κ2) is 11.4. The topological polar surface area (TPSA) is 92.8 Å². The Balaban J connectivity index is 1.59. The van der Waals surface area contributed by atoms with E-state index in [1.54, 1.807) is 24.3 Å². The van der Waals surface area contributed by atoms with Crippen LogP contribution in [0.2, 0.25) is 0 Å². The number of nitrogens with zero attached hydrogens (tertiary/aromatic N) is 4. The van der Waals surface area contributed by atoms with Crippen molar-refractivity contribution in [3.05, 3.63) is 95.8 Å². The fourth-order valence-electron chi connectivity index (χ4n) is 3.51. The zero-order chi connectivity index (χ0) is 24.6. The van der Waals surface area contributed by atoms with Crippen LogP contribution in [0.15, 0.2) is 84.0 Å². The summed E-state index contributed by atoms with van der Waals surface area (Å²) < 4.78 is 7.56. The van der Waals surface area contributed by atoms with Gasteiger partial charge in [0.15, 0.2) is 5.16 Å². The third-order valence-corrected chi connectivity index (χ3v) is 6.26. The molecule has 1 amide bonds. The van der Waals surface area contributed by atoms with Crippen LogP contribution in [-0.2, 0) is 11.2 Å². The summed E-state index contributed by atoms with van der Waals surface area (Å²) in [4.78, 5) is 12.9. The number of rotatable bonds is 9. The lowest BCUT2D eigenvalue weighted by molar-refractivity contribution is -0.115. The van der Waals surface area contributed by atoms with Crippen LogP contribution in [0.1, 0.15) is 30.8 Å². The van der Waals surface area contributed by atoms with Crippen molar-refractivity contribution in [2.75, 3.05) is 11.9 Å². The van der Waals surface area contributed by atoms with Crippen molar-refractivity contribution in [3.63, 3.8) is 0 Å². The fraction of sp³-hybridized carbons (Fsp3) is 0.185. The molecule has 7 nitrogen and oxygen atoms in total. The Labute approximate surface area is 208 Å². The van der Waals surface area contributed by atoms with Gasteiger partial charge >= 0.3 is 0 Å². The van der Waals surface area contributed by atoms with Crippen molar-refractivity contribution >= 4 is 23.4 Å². The van der Waals surface area contributed by atoms with Gasteiger partial charge in [-0.05, 0) is 61.9 Å². The number of ether oxygens (including phenoxy) is 1. The normalized spacial score (nSPS) is 11.5. The van der Waals surface area contributed by atoms with Crippen molar-refractivity contribution in [2.24, 2.45) is 0 Å². The number of anilines is 1. The minimum atomic E-state index is -0.448. The van der Waals surface area contributed by atoms with Gasteiger partial charge in [0.1, 0.15) is 11.6 Å². The van der Waals surface area contributed by atoms with Crippen LogP contribution in [-0.4, -0.2) is 32.5 Å². The zero-order valence-electron chi connectivity index (χ0n) is 19.5. The first-order chi connectivity index (χ1) is 17.1. The highest BCUT2D eigenvalue weighted by Crippen LogP contribution is 2.28. The lowest BCUT2D eigenvalue weighted by atomic mass is 10.1. The monoisotopic (exact) mass is 483 g/mol. The summed E-state index contributed by atoms with van der Waals surface area (Å²) in [5, 5.41) is 21.0. The Bertz CT molecular complexity index is 1330. The molecule has 0 saturated carbocycles. The van der Waals surface area contributed by atoms with E-state index in [1.165, 1.54) is 11.8 Å². The molecule has 1 N–H and O–H groups in total. The average molecular weight is 484 g/mol. The standard InChI is InChI=1S/C27H25N5O2S/c1-3-34-24-14-12-23(13-15-24)32-25(17-20-8-5-4-6-9-20)30-31-27(32)35-19(2)26(33)29-22-11-7-10-21(16-22)18-28/h4-16,19H,3,17H2,1-2H3,(H,29,33). The van der Waals surface area contributed by atoms with Crippen LogP contribution in [0.3, 0.4) is 0 Å². The molecule has 0 spiro atoms. The van der Waals surface area contributed by atoms with E-state index in [9.17, 15) is 4.79 Å². The number of nitriles is 1. The largest absolute Gasteiger partial charge is 0.494 e. The van der Waals surface area contributed by atoms with Crippen LogP contribution in [0.25, 0.3) is 5.69 Å². The second-order valence-electron chi connectivity index (χ2n) is 7.77. The molecular formula is C27H25N5O2S. The highest BCUT2D eigenvalue weighted by molar-refractivity contribution is 8.00. The first-order valence-corrected chi connectivity index (χ1v) is 12.1. The molecule has 0 aliphatic carbocycles. The maximum Gasteiger partial charge on any atom is 0.237 e. The van der Waals surface area contributed by atoms with Gasteiger partial charge in [-0.2, -0.15) is 5.26 Å². The highest BCUT2D eigenvalue weighted by Gasteiger charge is 2.21. The maximum absolute atomic E-state index is 12.9. The number of benzene rings is 3. The maximum atomic E-state index is 12.9. The average Bonchev–Trinajstić information content (AvgIpc) is 3.27. The van der Waals surface area contributed by atoms with Crippen molar-refractivity contribution in [3.8, 4) is 17.5 Å². The Hall–Kier alpha value is -4.09. The van der Waals surface area contributed by atoms with Gasteiger partial charge in [-0.1, -0.05) is 48.2 Å². The Morgan fingerprint density at radius 2 is 1.86 bits per heavy atom. The number of aromatic nitrogens is 3. The summed E-state index contributed by atoms with van der Waals surface area (Å²) in [6.07, 6.45) is 0.600. The summed E-state index contributed by atoms with van der Waals surface area (Å²) in [5.74, 6) is 1.38. The van der Waals surface area contributed by atoms with Gasteiger partial charge in [0.05, 0.1) is 23.5 Å². The number of carbonyl (C=O) groups excluding carboxylic acids is 1. The molecular weight excluding hydrogens is 458 g/mol. The highest BCUT2D eigenvalue weighted by atomic mass is 32.2. The first-order valence-electron chi connectivity index (χ1n) is 11.3. The Morgan fingerprint density at radius 3 is 2.57 bits per heavy atom. The molecule has 0 aliphatic rings. The molecule has 1 unspecified atom stereocenters. The molecule has 176 valence electrons. The van der Waals surface area contributed by atoms with E-state index in [4.69, 9.17) is 10.00 Å². The van der Waals surface area contributed by atoms with Crippen LogP contribution in [0, 0.1) is 11.3 Å². The van der Waals surface area contributed by atoms with E-state index in [1.807, 2.05) is 60.9 Å². The summed E-state index contributed by atoms with van der Waals surface area (Å²) in [7, 11) is 0. The third kappa shape index (κ3) is 6.08. The van der Waals surface area contributed by atoms with E-state index < -0.39 is 5.25 Å². The molecule has 0 radical (unpaired) electrons. The zero-order valence-corrected chi connectivity index (χ0v) is 20.3. The molecule has 0 saturated heterocycles. The minimum Gasteiger partial charge on any atom is -0.494 e. The van der Waals surface area contributed by atoms with E-state index in [0.717, 1.165) is 22.8 Å². The quantitative estimate of drug-likeness (QED) is 0.327. The molecule has 4 aromatic rings. The number of amides is 1. The molecule has 0 fully saturated rings. The molecule has 0 bridgehead atoms. The summed E-state index contributed by atoms with van der Waals surface area (Å²) >= 11 is 1.33. The van der Waals surface area contributed by atoms with E-state index in [-0.39, 0.29) is 5.91 Å². The predicted octanol–water partition coefficient (Wildman–Crippen LogP) is 5.25. The van der Waals surface area contributed by atoms with Gasteiger partial charge in [0.2, 0.25) is 5.91 Å². The van der Waals surface area contributed by atoms with Gasteiger partial charge < -0.3 is 10.1 Å². The van der Waals surface area contributed by atoms with Crippen molar-refractivity contribution in [2.45, 2.75) is 30.7 Å². The Morgan fingerprint density at radius 1 is 1.09 bits per heavy atom. The van der Waals surface area contributed by atoms with E-state index >= 15 is 0 Å². The first kappa shape index (κ1) is 24.0. The minimum absolute atomic E-state index is 0.184. The lowest BCUT2D eigenvalue weighted by Crippen LogP contribution is -2.23. The predicted molar refractivity (Wildman–Crippen MR) is 137 cm³/mol. The number of hydrogen-bond acceptors (Lipinski definition) is 6. The molecule has 0 aliphatic heterocycles. The number of thioether (sulfide) groups is 1. The number of nitrogens with one attached hydrogen (secondary N) is 1. The molecule has 1 atom stereocenters. The van der Waals surface area contributed by atoms with E-state index in [2.05, 4.69) is 33.7 Å². The van der Waals surface area contributed by atoms with Gasteiger partial charge in [-0.15, -0.1) is 10.2 Å². The SMILES string of the molecule is CCOc1ccc(-n2c(Cc3ccccc3)nnc2SC(C)C(=O)Nc2cccc(C#N)c2)cc1. The van der Waals surface area contributed by atoms with Gasteiger partial charge in [-0.3, -0.25) is 9.36 Å².